The zero-order chi connectivity index (χ0) is 23.2. The molecule has 0 bridgehead atoms. The number of hydrogen-bond donors (Lipinski definition) is 0. The van der Waals surface area contributed by atoms with Crippen LogP contribution in [0.3, 0.4) is 0 Å². The summed E-state index contributed by atoms with van der Waals surface area (Å²) in [5.74, 6) is 0. The van der Waals surface area contributed by atoms with Gasteiger partial charge in [0.05, 0.1) is 17.4 Å². The second-order valence-electron chi connectivity index (χ2n) is 8.87. The largest absolute Gasteiger partial charge is 0.233 e. The van der Waals surface area contributed by atoms with Gasteiger partial charge < -0.3 is 0 Å². The molecule has 0 aliphatic heterocycles. The van der Waals surface area contributed by atoms with E-state index in [1.165, 1.54) is 43.8 Å². The number of para-hydroxylation sites is 1. The molecule has 0 unspecified atom stereocenters. The molecule has 2 heteroatoms. The molecule has 0 N–H and O–H groups in total. The quantitative estimate of drug-likeness (QED) is 0.248. The van der Waals surface area contributed by atoms with Crippen molar-refractivity contribution < 1.29 is 0 Å². The van der Waals surface area contributed by atoms with E-state index in [1.54, 1.807) is 0 Å². The highest BCUT2D eigenvalue weighted by molar-refractivity contribution is 6.21. The Bertz CT molecular complexity index is 1770. The van der Waals surface area contributed by atoms with Crippen LogP contribution >= 0.6 is 0 Å². The number of aromatic nitrogens is 2. The molecular weight excluding hydrogens is 424 g/mol. The van der Waals surface area contributed by atoms with Crippen LogP contribution in [-0.4, -0.2) is 9.78 Å². The van der Waals surface area contributed by atoms with E-state index in [9.17, 15) is 0 Å². The van der Waals surface area contributed by atoms with Gasteiger partial charge in [0.2, 0.25) is 0 Å². The van der Waals surface area contributed by atoms with Gasteiger partial charge >= 0.3 is 0 Å². The van der Waals surface area contributed by atoms with Gasteiger partial charge in [-0.05, 0) is 62.0 Å². The molecule has 1 heterocycles. The van der Waals surface area contributed by atoms with Crippen molar-refractivity contribution in [3.8, 4) is 27.9 Å². The Kier molecular flexibility index (Phi) is 4.49. The molecule has 0 atom stereocenters. The molecule has 0 amide bonds. The lowest BCUT2D eigenvalue weighted by molar-refractivity contribution is 0.911. The highest BCUT2D eigenvalue weighted by Gasteiger charge is 2.16. The Morgan fingerprint density at radius 3 is 1.51 bits per heavy atom. The average molecular weight is 447 g/mol. The molecular formula is C33H22N2. The van der Waals surface area contributed by atoms with E-state index in [4.69, 9.17) is 0 Å². The van der Waals surface area contributed by atoms with Gasteiger partial charge in [-0.2, -0.15) is 5.10 Å². The molecule has 7 rings (SSSR count). The van der Waals surface area contributed by atoms with Gasteiger partial charge in [-0.3, -0.25) is 0 Å². The second-order valence-corrected chi connectivity index (χ2v) is 8.87. The van der Waals surface area contributed by atoms with Crippen LogP contribution in [0.15, 0.2) is 134 Å². The maximum Gasteiger partial charge on any atom is 0.0741 e. The van der Waals surface area contributed by atoms with Gasteiger partial charge in [0.25, 0.3) is 0 Å². The highest BCUT2D eigenvalue weighted by Crippen LogP contribution is 2.43. The minimum atomic E-state index is 1.06. The lowest BCUT2D eigenvalue weighted by Crippen LogP contribution is -1.96. The fraction of sp³-hybridized carbons (Fsp3) is 0. The van der Waals surface area contributed by atoms with E-state index < -0.39 is 0 Å². The normalized spacial score (nSPS) is 11.4. The maximum absolute atomic E-state index is 4.63. The molecule has 1 aromatic heterocycles. The van der Waals surface area contributed by atoms with Gasteiger partial charge in [-0.15, -0.1) is 0 Å². The summed E-state index contributed by atoms with van der Waals surface area (Å²) in [6, 6.07) is 45.4. The summed E-state index contributed by atoms with van der Waals surface area (Å²) in [4.78, 5) is 0. The highest BCUT2D eigenvalue weighted by atomic mass is 15.3. The van der Waals surface area contributed by atoms with Crippen molar-refractivity contribution in [1.29, 1.82) is 0 Å². The summed E-state index contributed by atoms with van der Waals surface area (Å²) in [5, 5.41) is 10.9. The lowest BCUT2D eigenvalue weighted by Gasteiger charge is -2.18. The monoisotopic (exact) mass is 446 g/mol. The van der Waals surface area contributed by atoms with Gasteiger partial charge in [-0.1, -0.05) is 109 Å². The fourth-order valence-corrected chi connectivity index (χ4v) is 5.30. The standard InChI is InChI=1S/C33H22N2/c1-2-10-23(11-3-1)32-27-13-5-7-15-29(27)33(30-16-8-6-14-28(30)32)24-18-20-26(21-19-24)35-31-17-9-4-12-25(31)22-34-35/h1-22H. The van der Waals surface area contributed by atoms with Crippen molar-refractivity contribution in [2.45, 2.75) is 0 Å². The van der Waals surface area contributed by atoms with Crippen molar-refractivity contribution >= 4 is 32.4 Å². The zero-order valence-corrected chi connectivity index (χ0v) is 19.1. The Balaban J connectivity index is 1.48. The van der Waals surface area contributed by atoms with E-state index in [1.807, 2.05) is 16.9 Å². The van der Waals surface area contributed by atoms with Crippen LogP contribution in [-0.2, 0) is 0 Å². The summed E-state index contributed by atoms with van der Waals surface area (Å²) in [7, 11) is 0. The molecule has 35 heavy (non-hydrogen) atoms. The van der Waals surface area contributed by atoms with Crippen LogP contribution in [0.5, 0.6) is 0 Å². The molecule has 0 spiro atoms. The Morgan fingerprint density at radius 1 is 0.429 bits per heavy atom. The lowest BCUT2D eigenvalue weighted by atomic mass is 9.86. The number of rotatable bonds is 3. The number of benzene rings is 6. The number of fused-ring (bicyclic) bond motifs is 3. The van der Waals surface area contributed by atoms with Crippen LogP contribution in [0.1, 0.15) is 0 Å². The summed E-state index contributed by atoms with van der Waals surface area (Å²) in [5.41, 5.74) is 7.19. The van der Waals surface area contributed by atoms with E-state index in [0.29, 0.717) is 0 Å². The number of hydrogen-bond acceptors (Lipinski definition) is 1. The molecule has 0 saturated carbocycles. The third kappa shape index (κ3) is 3.15. The molecule has 0 aliphatic carbocycles. The van der Waals surface area contributed by atoms with Crippen molar-refractivity contribution in [1.82, 2.24) is 9.78 Å². The predicted octanol–water partition coefficient (Wildman–Crippen LogP) is 8.67. The Labute approximate surface area is 203 Å². The van der Waals surface area contributed by atoms with E-state index in [-0.39, 0.29) is 0 Å². The first-order valence-electron chi connectivity index (χ1n) is 11.9. The van der Waals surface area contributed by atoms with Crippen LogP contribution in [0.4, 0.5) is 0 Å². The SMILES string of the molecule is c1ccc(-c2c3ccccc3c(-c3ccc(-n4ncc5ccccc54)cc3)c3ccccc23)cc1. The first kappa shape index (κ1) is 19.7. The summed E-state index contributed by atoms with van der Waals surface area (Å²) in [6.07, 6.45) is 1.92. The smallest absolute Gasteiger partial charge is 0.0741 e. The van der Waals surface area contributed by atoms with E-state index in [0.717, 1.165) is 16.6 Å². The Morgan fingerprint density at radius 2 is 0.914 bits per heavy atom. The van der Waals surface area contributed by atoms with Crippen LogP contribution in [0, 0.1) is 0 Å². The van der Waals surface area contributed by atoms with Crippen LogP contribution in [0.25, 0.3) is 60.4 Å². The zero-order valence-electron chi connectivity index (χ0n) is 19.1. The summed E-state index contributed by atoms with van der Waals surface area (Å²) >= 11 is 0. The molecule has 0 radical (unpaired) electrons. The minimum Gasteiger partial charge on any atom is -0.233 e. The van der Waals surface area contributed by atoms with E-state index in [2.05, 4.69) is 126 Å². The first-order valence-corrected chi connectivity index (χ1v) is 11.9. The molecule has 7 aromatic rings. The first-order chi connectivity index (χ1) is 17.4. The van der Waals surface area contributed by atoms with Crippen molar-refractivity contribution in [3.05, 3.63) is 134 Å². The average Bonchev–Trinajstić information content (AvgIpc) is 3.36. The second kappa shape index (κ2) is 7.96. The molecule has 0 fully saturated rings. The van der Waals surface area contributed by atoms with Gasteiger partial charge in [0.15, 0.2) is 0 Å². The predicted molar refractivity (Wildman–Crippen MR) is 147 cm³/mol. The maximum atomic E-state index is 4.63. The van der Waals surface area contributed by atoms with Gasteiger partial charge in [-0.25, -0.2) is 4.68 Å². The third-order valence-electron chi connectivity index (χ3n) is 6.87. The molecule has 164 valence electrons. The van der Waals surface area contributed by atoms with Crippen molar-refractivity contribution in [2.24, 2.45) is 0 Å². The van der Waals surface area contributed by atoms with Gasteiger partial charge in [0.1, 0.15) is 0 Å². The summed E-state index contributed by atoms with van der Waals surface area (Å²) < 4.78 is 2.01. The minimum absolute atomic E-state index is 1.06. The molecule has 2 nitrogen and oxygen atoms in total. The Hall–Kier alpha value is -4.69. The fourth-order valence-electron chi connectivity index (χ4n) is 5.30. The topological polar surface area (TPSA) is 17.8 Å². The third-order valence-corrected chi connectivity index (χ3v) is 6.87. The number of nitrogens with zero attached hydrogens (tertiary/aromatic N) is 2. The van der Waals surface area contributed by atoms with Crippen LogP contribution < -0.4 is 0 Å². The van der Waals surface area contributed by atoms with Crippen molar-refractivity contribution in [3.63, 3.8) is 0 Å². The van der Waals surface area contributed by atoms with Crippen LogP contribution in [0.2, 0.25) is 0 Å². The molecule has 0 aliphatic rings. The summed E-state index contributed by atoms with van der Waals surface area (Å²) in [6.45, 7) is 0. The van der Waals surface area contributed by atoms with E-state index >= 15 is 0 Å². The van der Waals surface area contributed by atoms with Gasteiger partial charge in [0, 0.05) is 5.39 Å². The van der Waals surface area contributed by atoms with Crippen molar-refractivity contribution in [2.75, 3.05) is 0 Å². The molecule has 0 saturated heterocycles. The molecule has 6 aromatic carbocycles.